The van der Waals surface area contributed by atoms with Crippen LogP contribution in [-0.4, -0.2) is 24.8 Å². The normalized spacial score (nSPS) is 11.2. The number of aromatic nitrogens is 3. The van der Waals surface area contributed by atoms with E-state index < -0.39 is 10.7 Å². The van der Waals surface area contributed by atoms with Crippen molar-refractivity contribution in [1.82, 2.24) is 14.1 Å². The third kappa shape index (κ3) is 4.55. The molecule has 0 amide bonds. The second kappa shape index (κ2) is 9.49. The van der Waals surface area contributed by atoms with Gasteiger partial charge in [0.15, 0.2) is 5.16 Å². The zero-order valence-electron chi connectivity index (χ0n) is 17.9. The number of benzene rings is 1. The first-order valence-corrected chi connectivity index (χ1v) is 10.5. The number of imidazole rings is 1. The summed E-state index contributed by atoms with van der Waals surface area (Å²) in [5.41, 5.74) is 2.22. The van der Waals surface area contributed by atoms with Crippen LogP contribution >= 0.6 is 11.8 Å². The summed E-state index contributed by atoms with van der Waals surface area (Å²) in [5.74, 6) is -0.426. The van der Waals surface area contributed by atoms with E-state index in [1.54, 1.807) is 48.3 Å². The highest BCUT2D eigenvalue weighted by atomic mass is 32.2. The molecule has 2 aromatic heterocycles. The lowest BCUT2D eigenvalue weighted by Gasteiger charge is -2.06. The Hall–Kier alpha value is -3.90. The van der Waals surface area contributed by atoms with Gasteiger partial charge < -0.3 is 9.13 Å². The fourth-order valence-corrected chi connectivity index (χ4v) is 4.19. The van der Waals surface area contributed by atoms with Crippen molar-refractivity contribution in [3.8, 4) is 6.07 Å². The zero-order chi connectivity index (χ0) is 23.4. The van der Waals surface area contributed by atoms with Gasteiger partial charge >= 0.3 is 0 Å². The number of aryl methyl sites for hydroxylation is 2. The molecule has 0 atom stereocenters. The molecular formula is C23H21N5O3S. The van der Waals surface area contributed by atoms with E-state index in [4.69, 9.17) is 0 Å². The van der Waals surface area contributed by atoms with Gasteiger partial charge in [-0.3, -0.25) is 14.9 Å². The van der Waals surface area contributed by atoms with Gasteiger partial charge in [0.2, 0.25) is 5.78 Å². The Balaban J connectivity index is 1.98. The maximum Gasteiger partial charge on any atom is 0.283 e. The minimum Gasteiger partial charge on any atom is -0.345 e. The number of hydrogen-bond donors (Lipinski definition) is 0. The molecule has 9 heteroatoms. The van der Waals surface area contributed by atoms with Gasteiger partial charge in [-0.1, -0.05) is 12.1 Å². The van der Waals surface area contributed by atoms with Gasteiger partial charge in [0, 0.05) is 49.0 Å². The van der Waals surface area contributed by atoms with Crippen LogP contribution in [0.4, 0.5) is 5.69 Å². The highest BCUT2D eigenvalue weighted by molar-refractivity contribution is 7.99. The summed E-state index contributed by atoms with van der Waals surface area (Å²) >= 11 is 1.17. The number of nitro groups is 1. The summed E-state index contributed by atoms with van der Waals surface area (Å²) in [6.45, 7) is 7.97. The van der Waals surface area contributed by atoms with Crippen LogP contribution in [0.2, 0.25) is 0 Å². The van der Waals surface area contributed by atoms with Crippen LogP contribution < -0.4 is 0 Å². The first kappa shape index (κ1) is 22.8. The lowest BCUT2D eigenvalue weighted by Crippen LogP contribution is -2.06. The topological polar surface area (TPSA) is 107 Å². The van der Waals surface area contributed by atoms with Gasteiger partial charge in [-0.2, -0.15) is 5.26 Å². The SMILES string of the molecule is C=CCn1c(C)cc(C(=O)C(C#N)=Cc2ccc(Sc3nccn3C)c([N+](=O)[O-])c2)c1C. The van der Waals surface area contributed by atoms with E-state index in [1.165, 1.54) is 23.9 Å². The summed E-state index contributed by atoms with van der Waals surface area (Å²) in [6.07, 6.45) is 6.48. The van der Waals surface area contributed by atoms with Crippen LogP contribution in [0.25, 0.3) is 6.08 Å². The number of nitro benzene ring substituents is 1. The van der Waals surface area contributed by atoms with E-state index in [0.717, 1.165) is 11.4 Å². The van der Waals surface area contributed by atoms with Crippen molar-refractivity contribution in [3.05, 3.63) is 87.5 Å². The molecule has 3 rings (SSSR count). The number of rotatable bonds is 8. The molecule has 0 unspecified atom stereocenters. The lowest BCUT2D eigenvalue weighted by molar-refractivity contribution is -0.387. The number of carbonyl (C=O) groups excluding carboxylic acids is 1. The highest BCUT2D eigenvalue weighted by Crippen LogP contribution is 2.35. The van der Waals surface area contributed by atoms with E-state index in [9.17, 15) is 20.2 Å². The average Bonchev–Trinajstić information content (AvgIpc) is 3.29. The van der Waals surface area contributed by atoms with Crippen molar-refractivity contribution in [3.63, 3.8) is 0 Å². The van der Waals surface area contributed by atoms with Gasteiger partial charge in [-0.25, -0.2) is 4.98 Å². The number of hydrogen-bond acceptors (Lipinski definition) is 6. The standard InChI is InChI=1S/C23H21N5O3S/c1-5-9-27-15(2)11-19(16(27)3)22(29)18(14-24)12-17-6-7-21(20(13-17)28(30)31)32-23-25-8-10-26(23)4/h5-8,10-13H,1,9H2,2-4H3. The van der Waals surface area contributed by atoms with E-state index >= 15 is 0 Å². The summed E-state index contributed by atoms with van der Waals surface area (Å²) in [7, 11) is 1.80. The maximum absolute atomic E-state index is 13.0. The number of carbonyl (C=O) groups is 1. The Morgan fingerprint density at radius 3 is 2.72 bits per heavy atom. The van der Waals surface area contributed by atoms with E-state index in [1.807, 2.05) is 24.5 Å². The molecule has 162 valence electrons. The van der Waals surface area contributed by atoms with Crippen molar-refractivity contribution < 1.29 is 9.72 Å². The first-order valence-electron chi connectivity index (χ1n) is 9.64. The summed E-state index contributed by atoms with van der Waals surface area (Å²) in [5, 5.41) is 21.9. The number of nitrogens with zero attached hydrogens (tertiary/aromatic N) is 5. The predicted molar refractivity (Wildman–Crippen MR) is 122 cm³/mol. The summed E-state index contributed by atoms with van der Waals surface area (Å²) in [6, 6.07) is 8.27. The number of nitriles is 1. The molecule has 3 aromatic rings. The smallest absolute Gasteiger partial charge is 0.283 e. The number of Topliss-reactive ketones (excluding diaryl/α,β-unsaturated/α-hetero) is 1. The van der Waals surface area contributed by atoms with Gasteiger partial charge in [0.25, 0.3) is 5.69 Å². The molecule has 0 saturated carbocycles. The molecule has 0 aliphatic heterocycles. The molecule has 0 aliphatic carbocycles. The molecular weight excluding hydrogens is 426 g/mol. The summed E-state index contributed by atoms with van der Waals surface area (Å²) in [4.78, 5) is 28.8. The molecule has 1 aromatic carbocycles. The molecule has 0 radical (unpaired) electrons. The number of allylic oxidation sites excluding steroid dienone is 2. The fraction of sp³-hybridized carbons (Fsp3) is 0.174. The minimum absolute atomic E-state index is 0.0948. The third-order valence-corrected chi connectivity index (χ3v) is 6.11. The Morgan fingerprint density at radius 2 is 2.12 bits per heavy atom. The lowest BCUT2D eigenvalue weighted by atomic mass is 10.0. The van der Waals surface area contributed by atoms with Crippen LogP contribution in [-0.2, 0) is 13.6 Å². The second-order valence-corrected chi connectivity index (χ2v) is 8.10. The van der Waals surface area contributed by atoms with Crippen LogP contribution in [0, 0.1) is 35.3 Å². The minimum atomic E-state index is -0.487. The zero-order valence-corrected chi connectivity index (χ0v) is 18.7. The highest BCUT2D eigenvalue weighted by Gasteiger charge is 2.21. The Morgan fingerprint density at radius 1 is 1.38 bits per heavy atom. The molecule has 0 spiro atoms. The third-order valence-electron chi connectivity index (χ3n) is 4.96. The van der Waals surface area contributed by atoms with Crippen LogP contribution in [0.1, 0.15) is 27.3 Å². The molecule has 0 bridgehead atoms. The van der Waals surface area contributed by atoms with Crippen molar-refractivity contribution >= 4 is 29.3 Å². The predicted octanol–water partition coefficient (Wildman–Crippen LogP) is 4.87. The molecule has 8 nitrogen and oxygen atoms in total. The van der Waals surface area contributed by atoms with Crippen molar-refractivity contribution in [2.75, 3.05) is 0 Å². The molecule has 0 fully saturated rings. The second-order valence-electron chi connectivity index (χ2n) is 7.09. The van der Waals surface area contributed by atoms with Gasteiger partial charge in [-0.15, -0.1) is 6.58 Å². The quantitative estimate of drug-likeness (QED) is 0.122. The fourth-order valence-electron chi connectivity index (χ4n) is 3.30. The van der Waals surface area contributed by atoms with Crippen LogP contribution in [0.15, 0.2) is 64.9 Å². The Bertz CT molecular complexity index is 1290. The van der Waals surface area contributed by atoms with E-state index in [2.05, 4.69) is 11.6 Å². The van der Waals surface area contributed by atoms with Crippen LogP contribution in [0.5, 0.6) is 0 Å². The van der Waals surface area contributed by atoms with Gasteiger partial charge in [-0.05, 0) is 49.4 Å². The largest absolute Gasteiger partial charge is 0.345 e. The molecule has 2 heterocycles. The van der Waals surface area contributed by atoms with E-state index in [-0.39, 0.29) is 11.3 Å². The molecule has 0 saturated heterocycles. The van der Waals surface area contributed by atoms with Gasteiger partial charge in [0.1, 0.15) is 11.6 Å². The van der Waals surface area contributed by atoms with E-state index in [0.29, 0.717) is 27.7 Å². The van der Waals surface area contributed by atoms with Crippen molar-refractivity contribution in [2.24, 2.45) is 7.05 Å². The first-order chi connectivity index (χ1) is 15.3. The van der Waals surface area contributed by atoms with Crippen molar-refractivity contribution in [2.45, 2.75) is 30.4 Å². The summed E-state index contributed by atoms with van der Waals surface area (Å²) < 4.78 is 3.70. The molecule has 32 heavy (non-hydrogen) atoms. The monoisotopic (exact) mass is 447 g/mol. The molecule has 0 N–H and O–H groups in total. The maximum atomic E-state index is 13.0. The molecule has 0 aliphatic rings. The Kier molecular flexibility index (Phi) is 6.76. The van der Waals surface area contributed by atoms with Crippen molar-refractivity contribution in [1.29, 1.82) is 5.26 Å². The van der Waals surface area contributed by atoms with Gasteiger partial charge in [0.05, 0.1) is 9.82 Å². The van der Waals surface area contributed by atoms with Crippen LogP contribution in [0.3, 0.4) is 0 Å². The number of ketones is 1. The Labute approximate surface area is 189 Å². The average molecular weight is 448 g/mol.